The third-order valence-corrected chi connectivity index (χ3v) is 7.71. The summed E-state index contributed by atoms with van der Waals surface area (Å²) in [7, 11) is 0. The number of rotatable bonds is 6. The molecule has 4 rings (SSSR count). The van der Waals surface area contributed by atoms with Crippen LogP contribution in [0.2, 0.25) is 0 Å². The van der Waals surface area contributed by atoms with Crippen LogP contribution >= 0.6 is 0 Å². The topological polar surface area (TPSA) is 35.0 Å². The van der Waals surface area contributed by atoms with Gasteiger partial charge in [-0.2, -0.15) is 0 Å². The molecule has 0 aromatic carbocycles. The Morgan fingerprint density at radius 3 is 2.35 bits per heavy atom. The van der Waals surface area contributed by atoms with Gasteiger partial charge < -0.3 is 4.74 Å². The van der Waals surface area contributed by atoms with Gasteiger partial charge in [0.15, 0.2) is 5.83 Å². The average Bonchev–Trinajstić information content (AvgIpc) is 2.82. The minimum atomic E-state index is -0.714. The van der Waals surface area contributed by atoms with Gasteiger partial charge in [-0.1, -0.05) is 45.6 Å². The van der Waals surface area contributed by atoms with Crippen LogP contribution in [0.5, 0.6) is 0 Å². The minimum Gasteiger partial charge on any atom is -0.377 e. The Bertz CT molecular complexity index is 788. The average molecular weight is 431 g/mol. The van der Waals surface area contributed by atoms with E-state index in [-0.39, 0.29) is 17.8 Å². The molecule has 0 spiro atoms. The molecule has 5 heteroatoms. The molecular weight excluding hydrogens is 394 g/mol. The second kappa shape index (κ2) is 10.3. The molecule has 1 aliphatic heterocycles. The number of hydrogen-bond donors (Lipinski definition) is 0. The number of halogens is 2. The van der Waals surface area contributed by atoms with Crippen molar-refractivity contribution in [1.29, 1.82) is 0 Å². The van der Waals surface area contributed by atoms with Gasteiger partial charge in [0.1, 0.15) is 11.7 Å². The largest absolute Gasteiger partial charge is 0.377 e. The van der Waals surface area contributed by atoms with Crippen molar-refractivity contribution < 1.29 is 13.5 Å². The Hall–Kier alpha value is -1.62. The van der Waals surface area contributed by atoms with E-state index in [1.807, 2.05) is 6.08 Å². The zero-order chi connectivity index (χ0) is 21.8. The molecular formula is C26H36F2N2O. The highest BCUT2D eigenvalue weighted by Crippen LogP contribution is 2.45. The lowest BCUT2D eigenvalue weighted by molar-refractivity contribution is -0.00268. The Balaban J connectivity index is 1.39. The number of aromatic nitrogens is 2. The van der Waals surface area contributed by atoms with Gasteiger partial charge in [-0.25, -0.2) is 18.7 Å². The van der Waals surface area contributed by atoms with E-state index >= 15 is 8.78 Å². The highest BCUT2D eigenvalue weighted by molar-refractivity contribution is 5.77. The van der Waals surface area contributed by atoms with Crippen LogP contribution in [-0.4, -0.2) is 22.7 Å². The van der Waals surface area contributed by atoms with E-state index in [0.717, 1.165) is 63.1 Å². The molecule has 0 radical (unpaired) electrons. The molecule has 3 nitrogen and oxygen atoms in total. The van der Waals surface area contributed by atoms with Crippen LogP contribution in [-0.2, 0) is 4.74 Å². The van der Waals surface area contributed by atoms with Crippen LogP contribution in [0.4, 0.5) is 8.78 Å². The lowest BCUT2D eigenvalue weighted by Crippen LogP contribution is -2.25. The summed E-state index contributed by atoms with van der Waals surface area (Å²) in [6.07, 6.45) is 15.8. The molecule has 3 unspecified atom stereocenters. The second-order valence-corrected chi connectivity index (χ2v) is 9.66. The van der Waals surface area contributed by atoms with E-state index in [1.165, 1.54) is 6.42 Å². The van der Waals surface area contributed by atoms with Crippen LogP contribution in [0.15, 0.2) is 30.1 Å². The summed E-state index contributed by atoms with van der Waals surface area (Å²) < 4.78 is 36.0. The van der Waals surface area contributed by atoms with Crippen LogP contribution < -0.4 is 0 Å². The van der Waals surface area contributed by atoms with E-state index in [0.29, 0.717) is 30.3 Å². The van der Waals surface area contributed by atoms with E-state index in [9.17, 15) is 0 Å². The zero-order valence-corrected chi connectivity index (χ0v) is 19.0. The number of ether oxygens (including phenoxy) is 1. The van der Waals surface area contributed by atoms with Gasteiger partial charge >= 0.3 is 0 Å². The summed E-state index contributed by atoms with van der Waals surface area (Å²) in [5.41, 5.74) is 0.871. The lowest BCUT2D eigenvalue weighted by atomic mass is 9.72. The van der Waals surface area contributed by atoms with Crippen molar-refractivity contribution in [2.75, 3.05) is 6.61 Å². The van der Waals surface area contributed by atoms with Crippen molar-refractivity contribution in [2.24, 2.45) is 17.8 Å². The summed E-state index contributed by atoms with van der Waals surface area (Å²) in [6, 6.07) is 0. The van der Waals surface area contributed by atoms with E-state index in [2.05, 4.69) is 23.8 Å². The fraction of sp³-hybridized carbons (Fsp3) is 0.692. The molecule has 3 aliphatic rings. The van der Waals surface area contributed by atoms with E-state index in [1.54, 1.807) is 12.4 Å². The molecule has 3 atom stereocenters. The fourth-order valence-corrected chi connectivity index (χ4v) is 5.62. The van der Waals surface area contributed by atoms with E-state index < -0.39 is 11.7 Å². The first-order chi connectivity index (χ1) is 15.1. The van der Waals surface area contributed by atoms with E-state index in [4.69, 9.17) is 4.74 Å². The van der Waals surface area contributed by atoms with Gasteiger partial charge in [-0.3, -0.25) is 0 Å². The smallest absolute Gasteiger partial charge is 0.162 e. The maximum atomic E-state index is 15.0. The van der Waals surface area contributed by atoms with Crippen molar-refractivity contribution in [3.05, 3.63) is 41.5 Å². The predicted octanol–water partition coefficient (Wildman–Crippen LogP) is 7.31. The third kappa shape index (κ3) is 5.08. The number of allylic oxidation sites excluding steroid dienone is 4. The van der Waals surface area contributed by atoms with Crippen LogP contribution in [0.1, 0.15) is 95.4 Å². The standard InChI is InChI=1S/C26H36F2N2O/c1-3-5-21-11-10-19(16-31-21)26-29-14-20(15-30-26)23-13-12-22(24(27)25(23)28)18-8-6-17(4-2)7-9-18/h13-15,17-19,21-22H,3-12,16H2,1-2H3. The van der Waals surface area contributed by atoms with Gasteiger partial charge in [-0.05, 0) is 50.4 Å². The van der Waals surface area contributed by atoms with Crippen molar-refractivity contribution in [1.82, 2.24) is 9.97 Å². The maximum Gasteiger partial charge on any atom is 0.162 e. The SMILES string of the molecule is CCCC1CCC(c2ncc(C3=CCC(C4CCC(CC)CC4)C(F)=C3F)cn2)CO1. The lowest BCUT2D eigenvalue weighted by Gasteiger charge is -2.34. The quantitative estimate of drug-likeness (QED) is 0.474. The van der Waals surface area contributed by atoms with Crippen LogP contribution in [0, 0.1) is 17.8 Å². The van der Waals surface area contributed by atoms with Crippen molar-refractivity contribution in [3.63, 3.8) is 0 Å². The highest BCUT2D eigenvalue weighted by Gasteiger charge is 2.34. The van der Waals surface area contributed by atoms with Gasteiger partial charge in [0, 0.05) is 35.4 Å². The van der Waals surface area contributed by atoms with Gasteiger partial charge in [-0.15, -0.1) is 0 Å². The van der Waals surface area contributed by atoms with Gasteiger partial charge in [0.2, 0.25) is 0 Å². The van der Waals surface area contributed by atoms with Gasteiger partial charge in [0.05, 0.1) is 12.7 Å². The Morgan fingerprint density at radius 1 is 1.00 bits per heavy atom. The highest BCUT2D eigenvalue weighted by atomic mass is 19.2. The summed E-state index contributed by atoms with van der Waals surface area (Å²) in [4.78, 5) is 8.98. The molecule has 1 aromatic heterocycles. The molecule has 0 N–H and O–H groups in total. The molecule has 1 aromatic rings. The first kappa shape index (κ1) is 22.6. The molecule has 1 saturated heterocycles. The minimum absolute atomic E-state index is 0.183. The zero-order valence-electron chi connectivity index (χ0n) is 19.0. The first-order valence-corrected chi connectivity index (χ1v) is 12.3. The predicted molar refractivity (Wildman–Crippen MR) is 120 cm³/mol. The monoisotopic (exact) mass is 430 g/mol. The van der Waals surface area contributed by atoms with Crippen LogP contribution in [0.3, 0.4) is 0 Å². The third-order valence-electron chi connectivity index (χ3n) is 7.71. The Morgan fingerprint density at radius 2 is 1.74 bits per heavy atom. The second-order valence-electron chi connectivity index (χ2n) is 9.66. The summed E-state index contributed by atoms with van der Waals surface area (Å²) in [6.45, 7) is 5.03. The van der Waals surface area contributed by atoms with Crippen molar-refractivity contribution >= 4 is 5.57 Å². The molecule has 1 saturated carbocycles. The Labute approximate surface area is 185 Å². The molecule has 2 heterocycles. The molecule has 2 aliphatic carbocycles. The summed E-state index contributed by atoms with van der Waals surface area (Å²) >= 11 is 0. The van der Waals surface area contributed by atoms with Gasteiger partial charge in [0.25, 0.3) is 0 Å². The van der Waals surface area contributed by atoms with Crippen LogP contribution in [0.25, 0.3) is 5.57 Å². The maximum absolute atomic E-state index is 15.0. The number of nitrogens with zero attached hydrogens (tertiary/aromatic N) is 2. The molecule has 0 bridgehead atoms. The normalized spacial score (nSPS) is 32.1. The molecule has 170 valence electrons. The van der Waals surface area contributed by atoms with Crippen molar-refractivity contribution in [3.8, 4) is 0 Å². The van der Waals surface area contributed by atoms with Crippen molar-refractivity contribution in [2.45, 2.75) is 90.1 Å². The molecule has 0 amide bonds. The molecule has 31 heavy (non-hydrogen) atoms. The summed E-state index contributed by atoms with van der Waals surface area (Å²) in [5.74, 6) is 0.348. The molecule has 2 fully saturated rings. The fourth-order valence-electron chi connectivity index (χ4n) is 5.62. The first-order valence-electron chi connectivity index (χ1n) is 12.3. The summed E-state index contributed by atoms with van der Waals surface area (Å²) in [5, 5.41) is 0. The number of hydrogen-bond acceptors (Lipinski definition) is 3. The Kier molecular flexibility index (Phi) is 7.52.